The van der Waals surface area contributed by atoms with E-state index in [2.05, 4.69) is 4.99 Å². The number of hydrogen-bond donors (Lipinski definition) is 0. The maximum Gasteiger partial charge on any atom is 0.279 e. The Morgan fingerprint density at radius 1 is 1.14 bits per heavy atom. The van der Waals surface area contributed by atoms with E-state index in [4.69, 9.17) is 9.47 Å². The van der Waals surface area contributed by atoms with Crippen molar-refractivity contribution in [1.29, 1.82) is 0 Å². The van der Waals surface area contributed by atoms with Crippen molar-refractivity contribution in [3.05, 3.63) is 52.8 Å². The van der Waals surface area contributed by atoms with Gasteiger partial charge in [-0.15, -0.1) is 11.8 Å². The Kier molecular flexibility index (Phi) is 7.30. The van der Waals surface area contributed by atoms with Crippen molar-refractivity contribution in [3.8, 4) is 5.75 Å². The second-order valence-corrected chi connectivity index (χ2v) is 7.83. The number of thiazole rings is 1. The van der Waals surface area contributed by atoms with Crippen LogP contribution >= 0.6 is 23.1 Å². The molecule has 0 saturated carbocycles. The fraction of sp³-hybridized carbons (Fsp3) is 0.333. The van der Waals surface area contributed by atoms with Crippen LogP contribution in [0.1, 0.15) is 24.2 Å². The van der Waals surface area contributed by atoms with E-state index in [0.29, 0.717) is 36.7 Å². The third kappa shape index (κ3) is 4.84. The minimum atomic E-state index is -0.241. The van der Waals surface area contributed by atoms with Crippen LogP contribution in [0, 0.1) is 0 Å². The minimum Gasteiger partial charge on any atom is -0.494 e. The molecular formula is C21H24N2O3S2. The van der Waals surface area contributed by atoms with E-state index in [1.165, 1.54) is 11.3 Å². The summed E-state index contributed by atoms with van der Waals surface area (Å²) in [5.74, 6) is 0.577. The van der Waals surface area contributed by atoms with Gasteiger partial charge in [0, 0.05) is 23.6 Å². The Bertz CT molecular complexity index is 1010. The number of ether oxygens (including phenoxy) is 2. The number of rotatable bonds is 8. The second kappa shape index (κ2) is 9.91. The summed E-state index contributed by atoms with van der Waals surface area (Å²) in [6, 6.07) is 13.5. The zero-order chi connectivity index (χ0) is 19.9. The Labute approximate surface area is 173 Å². The molecule has 0 fully saturated rings. The lowest BCUT2D eigenvalue weighted by molar-refractivity contribution is 0.0996. The van der Waals surface area contributed by atoms with E-state index < -0.39 is 0 Å². The maximum absolute atomic E-state index is 12.7. The van der Waals surface area contributed by atoms with E-state index in [0.717, 1.165) is 20.9 Å². The molecule has 1 aromatic heterocycles. The number of amides is 1. The highest BCUT2D eigenvalue weighted by atomic mass is 32.2. The van der Waals surface area contributed by atoms with Crippen LogP contribution in [-0.4, -0.2) is 36.6 Å². The molecule has 7 heteroatoms. The highest BCUT2D eigenvalue weighted by molar-refractivity contribution is 7.98. The first-order valence-electron chi connectivity index (χ1n) is 9.23. The van der Waals surface area contributed by atoms with E-state index in [-0.39, 0.29) is 5.91 Å². The fourth-order valence-electron chi connectivity index (χ4n) is 2.80. The number of nitrogens with zero attached hydrogens (tertiary/aromatic N) is 2. The highest BCUT2D eigenvalue weighted by Crippen LogP contribution is 2.23. The van der Waals surface area contributed by atoms with Crippen LogP contribution in [0.3, 0.4) is 0 Å². The van der Waals surface area contributed by atoms with E-state index >= 15 is 0 Å². The first kappa shape index (κ1) is 20.6. The van der Waals surface area contributed by atoms with Crippen LogP contribution in [-0.2, 0) is 11.3 Å². The molecule has 3 rings (SSSR count). The summed E-state index contributed by atoms with van der Waals surface area (Å²) in [5, 5.41) is 0. The second-order valence-electron chi connectivity index (χ2n) is 5.94. The molecule has 0 atom stereocenters. The number of carbonyl (C=O) groups excluding carboxylic acids is 1. The molecular weight excluding hydrogens is 392 g/mol. The third-order valence-corrected chi connectivity index (χ3v) is 5.95. The van der Waals surface area contributed by atoms with E-state index in [1.807, 2.05) is 67.1 Å². The van der Waals surface area contributed by atoms with Crippen LogP contribution in [0.5, 0.6) is 5.75 Å². The van der Waals surface area contributed by atoms with Gasteiger partial charge in [-0.3, -0.25) is 4.79 Å². The molecule has 1 heterocycles. The summed E-state index contributed by atoms with van der Waals surface area (Å²) in [6.07, 6.45) is 2.01. The Balaban J connectivity index is 2.01. The third-order valence-electron chi connectivity index (χ3n) is 4.16. The van der Waals surface area contributed by atoms with Crippen molar-refractivity contribution < 1.29 is 14.3 Å². The number of thioether (sulfide) groups is 1. The Morgan fingerprint density at radius 2 is 1.93 bits per heavy atom. The Hall–Kier alpha value is -2.09. The summed E-state index contributed by atoms with van der Waals surface area (Å²) in [6.45, 7) is 6.41. The van der Waals surface area contributed by atoms with Gasteiger partial charge in [0.25, 0.3) is 5.91 Å². The maximum atomic E-state index is 12.7. The van der Waals surface area contributed by atoms with Crippen molar-refractivity contribution in [3.63, 3.8) is 0 Å². The number of fused-ring (bicyclic) bond motifs is 1. The average molecular weight is 417 g/mol. The number of hydrogen-bond acceptors (Lipinski definition) is 5. The van der Waals surface area contributed by atoms with Crippen LogP contribution in [0.2, 0.25) is 0 Å². The van der Waals surface area contributed by atoms with E-state index in [9.17, 15) is 4.79 Å². The van der Waals surface area contributed by atoms with Gasteiger partial charge < -0.3 is 14.0 Å². The van der Waals surface area contributed by atoms with Crippen LogP contribution in [0.15, 0.2) is 52.4 Å². The molecule has 0 bridgehead atoms. The molecule has 0 N–H and O–H groups in total. The van der Waals surface area contributed by atoms with Crippen molar-refractivity contribution in [2.24, 2.45) is 4.99 Å². The lowest BCUT2D eigenvalue weighted by Gasteiger charge is -2.06. The van der Waals surface area contributed by atoms with Gasteiger partial charge in [0.2, 0.25) is 0 Å². The van der Waals surface area contributed by atoms with Crippen molar-refractivity contribution in [1.82, 2.24) is 4.57 Å². The smallest absolute Gasteiger partial charge is 0.279 e. The zero-order valence-electron chi connectivity index (χ0n) is 16.3. The van der Waals surface area contributed by atoms with Crippen molar-refractivity contribution >= 4 is 39.2 Å². The molecule has 0 aliphatic heterocycles. The molecule has 3 aromatic rings. The number of benzene rings is 2. The van der Waals surface area contributed by atoms with Crippen LogP contribution < -0.4 is 9.54 Å². The van der Waals surface area contributed by atoms with Crippen LogP contribution in [0.25, 0.3) is 10.2 Å². The summed E-state index contributed by atoms with van der Waals surface area (Å²) in [4.78, 5) is 18.9. The monoisotopic (exact) mass is 416 g/mol. The van der Waals surface area contributed by atoms with Gasteiger partial charge >= 0.3 is 0 Å². The normalized spacial score (nSPS) is 11.9. The van der Waals surface area contributed by atoms with Crippen molar-refractivity contribution in [2.75, 3.05) is 26.1 Å². The molecule has 0 unspecified atom stereocenters. The van der Waals surface area contributed by atoms with Crippen molar-refractivity contribution in [2.45, 2.75) is 25.3 Å². The molecule has 0 saturated heterocycles. The Morgan fingerprint density at radius 3 is 2.61 bits per heavy atom. The average Bonchev–Trinajstić information content (AvgIpc) is 3.05. The van der Waals surface area contributed by atoms with E-state index in [1.54, 1.807) is 11.8 Å². The summed E-state index contributed by atoms with van der Waals surface area (Å²) in [5.41, 5.74) is 1.61. The molecule has 2 aromatic carbocycles. The minimum absolute atomic E-state index is 0.241. The van der Waals surface area contributed by atoms with Crippen LogP contribution in [0.4, 0.5) is 0 Å². The molecule has 0 aliphatic carbocycles. The highest BCUT2D eigenvalue weighted by Gasteiger charge is 2.10. The summed E-state index contributed by atoms with van der Waals surface area (Å²) in [7, 11) is 0. The molecule has 0 aliphatic rings. The molecule has 28 heavy (non-hydrogen) atoms. The predicted octanol–water partition coefficient (Wildman–Crippen LogP) is 4.60. The molecule has 5 nitrogen and oxygen atoms in total. The molecule has 148 valence electrons. The topological polar surface area (TPSA) is 52.8 Å². The van der Waals surface area contributed by atoms with Gasteiger partial charge in [0.15, 0.2) is 4.80 Å². The first-order valence-corrected chi connectivity index (χ1v) is 11.3. The number of aromatic nitrogens is 1. The van der Waals surface area contributed by atoms with Gasteiger partial charge in [-0.05, 0) is 62.6 Å². The quantitative estimate of drug-likeness (QED) is 0.398. The largest absolute Gasteiger partial charge is 0.494 e. The summed E-state index contributed by atoms with van der Waals surface area (Å²) >= 11 is 3.13. The summed E-state index contributed by atoms with van der Waals surface area (Å²) < 4.78 is 14.2. The molecule has 1 amide bonds. The SMILES string of the molecule is CCOCCn1c(=NC(=O)c2ccc(SC)cc2)sc2cc(OCC)ccc21. The zero-order valence-corrected chi connectivity index (χ0v) is 17.9. The predicted molar refractivity (Wildman–Crippen MR) is 116 cm³/mol. The lowest BCUT2D eigenvalue weighted by atomic mass is 10.2. The first-order chi connectivity index (χ1) is 13.7. The van der Waals surface area contributed by atoms with Gasteiger partial charge in [0.1, 0.15) is 5.75 Å². The van der Waals surface area contributed by atoms with Gasteiger partial charge in [0.05, 0.1) is 23.4 Å². The molecule has 0 spiro atoms. The lowest BCUT2D eigenvalue weighted by Crippen LogP contribution is -2.19. The van der Waals surface area contributed by atoms with Gasteiger partial charge in [-0.1, -0.05) is 11.3 Å². The fourth-order valence-corrected chi connectivity index (χ4v) is 4.29. The number of carbonyl (C=O) groups is 1. The van der Waals surface area contributed by atoms with Gasteiger partial charge in [-0.2, -0.15) is 4.99 Å². The standard InChI is InChI=1S/C21H24N2O3S2/c1-4-25-13-12-23-18-11-8-16(26-5-2)14-19(18)28-21(23)22-20(24)15-6-9-17(27-3)10-7-15/h6-11,14H,4-5,12-13H2,1-3H3. The molecule has 0 radical (unpaired) electrons. The van der Waals surface area contributed by atoms with Gasteiger partial charge in [-0.25, -0.2) is 0 Å².